The van der Waals surface area contributed by atoms with Gasteiger partial charge in [0.1, 0.15) is 0 Å². The van der Waals surface area contributed by atoms with Crippen molar-refractivity contribution < 1.29 is 0 Å². The van der Waals surface area contributed by atoms with Crippen LogP contribution in [0.2, 0.25) is 5.02 Å². The van der Waals surface area contributed by atoms with Crippen molar-refractivity contribution in [1.82, 2.24) is 0 Å². The summed E-state index contributed by atoms with van der Waals surface area (Å²) in [5.74, 6) is 0. The fourth-order valence-electron chi connectivity index (χ4n) is 7.83. The van der Waals surface area contributed by atoms with Crippen LogP contribution >= 0.6 is 11.6 Å². The van der Waals surface area contributed by atoms with Crippen LogP contribution in [0.5, 0.6) is 0 Å². The molecule has 7 aromatic carbocycles. The lowest BCUT2D eigenvalue weighted by atomic mass is 9.70. The van der Waals surface area contributed by atoms with E-state index < -0.39 is 0 Å². The highest BCUT2D eigenvalue weighted by Crippen LogP contribution is 2.64. The number of hydrogen-bond donors (Lipinski definition) is 0. The molecule has 0 fully saturated rings. The maximum Gasteiger partial charge on any atom is 0.0725 e. The molecule has 0 saturated carbocycles. The van der Waals surface area contributed by atoms with Gasteiger partial charge >= 0.3 is 0 Å². The highest BCUT2D eigenvalue weighted by atomic mass is 35.5. The van der Waals surface area contributed by atoms with Crippen molar-refractivity contribution in [2.75, 3.05) is 0 Å². The molecule has 0 aliphatic heterocycles. The van der Waals surface area contributed by atoms with Crippen LogP contribution in [0.25, 0.3) is 55.6 Å². The highest BCUT2D eigenvalue weighted by Gasteiger charge is 2.51. The van der Waals surface area contributed by atoms with E-state index in [1.165, 1.54) is 72.3 Å². The SMILES string of the molecule is Clc1ccc(-c2ccc(-c3ccccc3)cc2-c2cccc3c2-c2ccccc2C32c3ccccc3-c3ccccc32)cc1. The highest BCUT2D eigenvalue weighted by molar-refractivity contribution is 6.30. The molecule has 0 atom stereocenters. The summed E-state index contributed by atoms with van der Waals surface area (Å²) in [5, 5.41) is 0.742. The van der Waals surface area contributed by atoms with Crippen molar-refractivity contribution in [1.29, 1.82) is 0 Å². The summed E-state index contributed by atoms with van der Waals surface area (Å²) in [4.78, 5) is 0. The van der Waals surface area contributed by atoms with E-state index in [1.54, 1.807) is 0 Å². The van der Waals surface area contributed by atoms with Gasteiger partial charge in [0, 0.05) is 5.02 Å². The van der Waals surface area contributed by atoms with E-state index in [1.807, 2.05) is 12.1 Å². The Hall–Kier alpha value is -5.17. The van der Waals surface area contributed by atoms with Gasteiger partial charge in [-0.25, -0.2) is 0 Å². The van der Waals surface area contributed by atoms with Crippen molar-refractivity contribution in [2.24, 2.45) is 0 Å². The average molecular weight is 579 g/mol. The topological polar surface area (TPSA) is 0 Å². The lowest BCUT2D eigenvalue weighted by Gasteiger charge is -2.30. The Labute approximate surface area is 262 Å². The molecule has 0 amide bonds. The van der Waals surface area contributed by atoms with Crippen molar-refractivity contribution in [3.05, 3.63) is 191 Å². The zero-order valence-electron chi connectivity index (χ0n) is 24.0. The minimum absolute atomic E-state index is 0.368. The predicted octanol–water partition coefficient (Wildman–Crippen LogP) is 11.7. The van der Waals surface area contributed by atoms with Gasteiger partial charge in [-0.05, 0) is 96.1 Å². The van der Waals surface area contributed by atoms with E-state index in [4.69, 9.17) is 11.6 Å². The molecule has 0 N–H and O–H groups in total. The van der Waals surface area contributed by atoms with Crippen LogP contribution in [-0.4, -0.2) is 0 Å². The Morgan fingerprint density at radius 3 is 1.52 bits per heavy atom. The third-order valence-corrected chi connectivity index (χ3v) is 9.85. The van der Waals surface area contributed by atoms with Crippen molar-refractivity contribution in [2.45, 2.75) is 5.41 Å². The first-order valence-corrected chi connectivity index (χ1v) is 15.5. The van der Waals surface area contributed by atoms with Crippen LogP contribution in [-0.2, 0) is 5.41 Å². The van der Waals surface area contributed by atoms with Gasteiger partial charge < -0.3 is 0 Å². The number of halogens is 1. The van der Waals surface area contributed by atoms with E-state index in [0.717, 1.165) is 10.6 Å². The minimum atomic E-state index is -0.368. The molecule has 206 valence electrons. The summed E-state index contributed by atoms with van der Waals surface area (Å²) < 4.78 is 0. The summed E-state index contributed by atoms with van der Waals surface area (Å²) >= 11 is 6.35. The molecule has 0 unspecified atom stereocenters. The average Bonchev–Trinajstić information content (AvgIpc) is 3.56. The smallest absolute Gasteiger partial charge is 0.0725 e. The summed E-state index contributed by atoms with van der Waals surface area (Å²) in [6.45, 7) is 0. The van der Waals surface area contributed by atoms with Crippen molar-refractivity contribution in [3.63, 3.8) is 0 Å². The molecule has 0 bridgehead atoms. The van der Waals surface area contributed by atoms with Gasteiger partial charge in [-0.1, -0.05) is 157 Å². The first kappa shape index (κ1) is 25.3. The number of rotatable bonds is 3. The summed E-state index contributed by atoms with van der Waals surface area (Å²) in [6, 6.07) is 59.7. The van der Waals surface area contributed by atoms with Crippen LogP contribution in [0.4, 0.5) is 0 Å². The molecule has 1 spiro atoms. The van der Waals surface area contributed by atoms with E-state index in [0.29, 0.717) is 0 Å². The molecule has 0 nitrogen and oxygen atoms in total. The second-order valence-corrected chi connectivity index (χ2v) is 12.2. The lowest BCUT2D eigenvalue weighted by Crippen LogP contribution is -2.25. The summed E-state index contributed by atoms with van der Waals surface area (Å²) in [7, 11) is 0. The van der Waals surface area contributed by atoms with Crippen molar-refractivity contribution in [3.8, 4) is 55.6 Å². The predicted molar refractivity (Wildman–Crippen MR) is 184 cm³/mol. The van der Waals surface area contributed by atoms with Gasteiger partial charge in [-0.3, -0.25) is 0 Å². The maximum absolute atomic E-state index is 6.35. The number of fused-ring (bicyclic) bond motifs is 10. The zero-order chi connectivity index (χ0) is 29.3. The fraction of sp³-hybridized carbons (Fsp3) is 0.0233. The zero-order valence-corrected chi connectivity index (χ0v) is 24.7. The fourth-order valence-corrected chi connectivity index (χ4v) is 7.95. The molecule has 9 rings (SSSR count). The standard InChI is InChI=1S/C43H27Cl/c44-31-24-21-29(22-25-31)32-26-23-30(28-11-2-1-3-12-28)27-37(32)35-16-10-20-41-42(35)36-15-6-9-19-40(36)43(41)38-17-7-4-13-33(38)34-14-5-8-18-39(34)43/h1-27H. The first-order valence-electron chi connectivity index (χ1n) is 15.1. The van der Waals surface area contributed by atoms with Gasteiger partial charge in [0.15, 0.2) is 0 Å². The van der Waals surface area contributed by atoms with Crippen LogP contribution < -0.4 is 0 Å². The quantitative estimate of drug-likeness (QED) is 0.195. The van der Waals surface area contributed by atoms with Gasteiger partial charge in [0.05, 0.1) is 5.41 Å². The molecule has 2 aliphatic rings. The second kappa shape index (κ2) is 9.67. The Morgan fingerprint density at radius 1 is 0.318 bits per heavy atom. The van der Waals surface area contributed by atoms with E-state index in [2.05, 4.69) is 152 Å². The van der Waals surface area contributed by atoms with Gasteiger partial charge in [-0.15, -0.1) is 0 Å². The molecule has 0 radical (unpaired) electrons. The Morgan fingerprint density at radius 2 is 0.841 bits per heavy atom. The summed E-state index contributed by atoms with van der Waals surface area (Å²) in [5.41, 5.74) is 17.5. The van der Waals surface area contributed by atoms with E-state index >= 15 is 0 Å². The van der Waals surface area contributed by atoms with Crippen LogP contribution in [0.15, 0.2) is 164 Å². The Bertz CT molecular complexity index is 2180. The molecule has 0 heterocycles. The molecule has 0 saturated heterocycles. The normalized spacial score (nSPS) is 13.3. The molecule has 1 heteroatoms. The molecule has 0 aromatic heterocycles. The van der Waals surface area contributed by atoms with Gasteiger partial charge in [0.25, 0.3) is 0 Å². The second-order valence-electron chi connectivity index (χ2n) is 11.7. The van der Waals surface area contributed by atoms with E-state index in [9.17, 15) is 0 Å². The first-order chi connectivity index (χ1) is 21.7. The maximum atomic E-state index is 6.35. The van der Waals surface area contributed by atoms with Crippen LogP contribution in [0.1, 0.15) is 22.3 Å². The number of benzene rings is 7. The summed E-state index contributed by atoms with van der Waals surface area (Å²) in [6.07, 6.45) is 0. The minimum Gasteiger partial charge on any atom is -0.0843 e. The Kier molecular flexibility index (Phi) is 5.57. The largest absolute Gasteiger partial charge is 0.0843 e. The van der Waals surface area contributed by atoms with Gasteiger partial charge in [0.2, 0.25) is 0 Å². The molecule has 2 aliphatic carbocycles. The third kappa shape index (κ3) is 3.46. The van der Waals surface area contributed by atoms with Crippen LogP contribution in [0, 0.1) is 0 Å². The Balaban J connectivity index is 1.39. The lowest BCUT2D eigenvalue weighted by molar-refractivity contribution is 0.794. The van der Waals surface area contributed by atoms with Gasteiger partial charge in [-0.2, -0.15) is 0 Å². The molecular formula is C43H27Cl. The van der Waals surface area contributed by atoms with E-state index in [-0.39, 0.29) is 5.41 Å². The molecule has 7 aromatic rings. The molecular weight excluding hydrogens is 552 g/mol. The van der Waals surface area contributed by atoms with Crippen LogP contribution in [0.3, 0.4) is 0 Å². The van der Waals surface area contributed by atoms with Crippen molar-refractivity contribution >= 4 is 11.6 Å². The monoisotopic (exact) mass is 578 g/mol. The molecule has 44 heavy (non-hydrogen) atoms. The number of hydrogen-bond acceptors (Lipinski definition) is 0. The third-order valence-electron chi connectivity index (χ3n) is 9.59.